The number of carbonyl (C=O) groups excluding carboxylic acids is 5. The number of carbonyl (C=O) groups is 5. The number of likely N-dealkylation sites (tertiary alicyclic amines) is 1. The van der Waals surface area contributed by atoms with Gasteiger partial charge in [0.1, 0.15) is 18.8 Å². The molecule has 0 spiro atoms. The Labute approximate surface area is 426 Å². The van der Waals surface area contributed by atoms with Crippen molar-refractivity contribution in [2.75, 3.05) is 40.0 Å². The Balaban J connectivity index is 1.96. The van der Waals surface area contributed by atoms with Gasteiger partial charge in [-0.2, -0.15) is 0 Å². The molecule has 0 radical (unpaired) electrons. The van der Waals surface area contributed by atoms with Crippen LogP contribution in [-0.2, 0) is 47.7 Å². The number of ether oxygens (including phenoxy) is 5. The first-order valence-electron chi connectivity index (χ1n) is 28.4. The lowest BCUT2D eigenvalue weighted by molar-refractivity contribution is -0.163. The molecule has 1 saturated heterocycles. The molecule has 5 unspecified atom stereocenters. The van der Waals surface area contributed by atoms with Crippen molar-refractivity contribution in [3.8, 4) is 0 Å². The van der Waals surface area contributed by atoms with Crippen LogP contribution in [-0.4, -0.2) is 86.9 Å². The molecule has 11 nitrogen and oxygen atoms in total. The molecule has 0 aromatic heterocycles. The summed E-state index contributed by atoms with van der Waals surface area (Å²) in [6, 6.07) is 0. The first-order valence-corrected chi connectivity index (χ1v) is 28.4. The summed E-state index contributed by atoms with van der Waals surface area (Å²) in [6.07, 6.45) is 39.5. The van der Waals surface area contributed by atoms with Gasteiger partial charge in [-0.15, -0.1) is 0 Å². The fraction of sp³-hybridized carbons (Fsp3) is 0.814. The monoisotopic (exact) mass is 984 g/mol. The minimum absolute atomic E-state index is 0.0115. The molecule has 1 aliphatic carbocycles. The van der Waals surface area contributed by atoms with Gasteiger partial charge in [-0.3, -0.25) is 24.0 Å². The zero-order chi connectivity index (χ0) is 51.1. The van der Waals surface area contributed by atoms with Gasteiger partial charge in [0.25, 0.3) is 0 Å². The van der Waals surface area contributed by atoms with Crippen molar-refractivity contribution in [1.29, 1.82) is 0 Å². The molecule has 2 rings (SSSR count). The van der Waals surface area contributed by atoms with Crippen LogP contribution in [0.5, 0.6) is 0 Å². The molecular formula is C59H101NO10. The van der Waals surface area contributed by atoms with Crippen LogP contribution in [0.1, 0.15) is 234 Å². The van der Waals surface area contributed by atoms with E-state index in [0.717, 1.165) is 116 Å². The molecule has 0 aromatic carbocycles. The van der Waals surface area contributed by atoms with Gasteiger partial charge in [0.05, 0.1) is 18.6 Å². The van der Waals surface area contributed by atoms with Crippen molar-refractivity contribution in [1.82, 2.24) is 4.90 Å². The zero-order valence-corrected chi connectivity index (χ0v) is 45.3. The van der Waals surface area contributed by atoms with Crippen molar-refractivity contribution >= 4 is 29.8 Å². The predicted molar refractivity (Wildman–Crippen MR) is 282 cm³/mol. The maximum Gasteiger partial charge on any atom is 0.313 e. The van der Waals surface area contributed by atoms with E-state index in [0.29, 0.717) is 45.1 Å². The van der Waals surface area contributed by atoms with Gasteiger partial charge in [-0.05, 0) is 129 Å². The molecule has 2 aliphatic rings. The number of esters is 5. The number of hydrogen-bond donors (Lipinski definition) is 0. The van der Waals surface area contributed by atoms with Crippen LogP contribution in [0.4, 0.5) is 0 Å². The quantitative estimate of drug-likeness (QED) is 0.0250. The number of allylic oxidation sites excluding steroid dienone is 6. The van der Waals surface area contributed by atoms with Gasteiger partial charge in [-0.25, -0.2) is 0 Å². The lowest BCUT2D eigenvalue weighted by Gasteiger charge is -2.28. The number of rotatable bonds is 42. The largest absolute Gasteiger partial charge is 0.465 e. The summed E-state index contributed by atoms with van der Waals surface area (Å²) in [7, 11) is 2.03. The summed E-state index contributed by atoms with van der Waals surface area (Å²) in [5.41, 5.74) is -0.514. The minimum atomic E-state index is -0.542. The lowest BCUT2D eigenvalue weighted by Crippen LogP contribution is -2.36. The SMILES string of the molecule is CC/C=C\CC1C(CC(=O)OCC(CCCCCCCC/C=C\C/C=C\CCCCC)OC(=O)CCCCC(COC(=O)CCCCC)COC(=O)CCCCC)CCC1OC(=O)C1(C)CCN(C)C1. The highest BCUT2D eigenvalue weighted by Gasteiger charge is 2.45. The number of unbranched alkanes of at least 4 members (excludes halogenated alkanes) is 14. The van der Waals surface area contributed by atoms with Crippen LogP contribution in [0.2, 0.25) is 0 Å². The van der Waals surface area contributed by atoms with Crippen molar-refractivity contribution in [2.24, 2.45) is 23.2 Å². The fourth-order valence-corrected chi connectivity index (χ4v) is 9.67. The molecule has 0 N–H and O–H groups in total. The van der Waals surface area contributed by atoms with Gasteiger partial charge in [0.2, 0.25) is 0 Å². The van der Waals surface area contributed by atoms with E-state index >= 15 is 0 Å². The van der Waals surface area contributed by atoms with Crippen LogP contribution in [0, 0.1) is 23.2 Å². The Morgan fingerprint density at radius 3 is 1.77 bits per heavy atom. The highest BCUT2D eigenvalue weighted by molar-refractivity contribution is 5.77. The van der Waals surface area contributed by atoms with Crippen LogP contribution in [0.3, 0.4) is 0 Å². The average Bonchev–Trinajstić information content (AvgIpc) is 3.90. The van der Waals surface area contributed by atoms with E-state index < -0.39 is 11.5 Å². The van der Waals surface area contributed by atoms with Crippen LogP contribution < -0.4 is 0 Å². The summed E-state index contributed by atoms with van der Waals surface area (Å²) >= 11 is 0. The summed E-state index contributed by atoms with van der Waals surface area (Å²) in [5, 5.41) is 0. The summed E-state index contributed by atoms with van der Waals surface area (Å²) in [6.45, 7) is 12.4. The topological polar surface area (TPSA) is 135 Å². The van der Waals surface area contributed by atoms with E-state index in [1.807, 2.05) is 14.0 Å². The Hall–Kier alpha value is -3.47. The van der Waals surface area contributed by atoms with Crippen molar-refractivity contribution in [3.05, 3.63) is 36.5 Å². The molecule has 1 saturated carbocycles. The van der Waals surface area contributed by atoms with Crippen LogP contribution >= 0.6 is 0 Å². The van der Waals surface area contributed by atoms with Gasteiger partial charge in [0.15, 0.2) is 0 Å². The third-order valence-electron chi connectivity index (χ3n) is 14.2. The summed E-state index contributed by atoms with van der Waals surface area (Å²) < 4.78 is 29.4. The lowest BCUT2D eigenvalue weighted by atomic mass is 9.87. The summed E-state index contributed by atoms with van der Waals surface area (Å²) in [5.74, 6) is -1.34. The first-order chi connectivity index (χ1) is 33.9. The number of nitrogens with zero attached hydrogens (tertiary/aromatic N) is 1. The van der Waals surface area contributed by atoms with Crippen LogP contribution in [0.15, 0.2) is 36.5 Å². The molecule has 0 amide bonds. The third-order valence-corrected chi connectivity index (χ3v) is 14.2. The van der Waals surface area contributed by atoms with E-state index in [1.165, 1.54) is 38.5 Å². The normalized spacial score (nSPS) is 20.0. The van der Waals surface area contributed by atoms with Gasteiger partial charge < -0.3 is 28.6 Å². The third kappa shape index (κ3) is 29.8. The van der Waals surface area contributed by atoms with Crippen LogP contribution in [0.25, 0.3) is 0 Å². The van der Waals surface area contributed by atoms with E-state index in [1.54, 1.807) is 0 Å². The van der Waals surface area contributed by atoms with Gasteiger partial charge in [-0.1, -0.05) is 135 Å². The van der Waals surface area contributed by atoms with E-state index in [2.05, 4.69) is 69.1 Å². The molecule has 0 bridgehead atoms. The zero-order valence-electron chi connectivity index (χ0n) is 45.3. The highest BCUT2D eigenvalue weighted by atomic mass is 16.6. The Morgan fingerprint density at radius 2 is 1.16 bits per heavy atom. The average molecular weight is 984 g/mol. The number of hydrogen-bond acceptors (Lipinski definition) is 11. The summed E-state index contributed by atoms with van der Waals surface area (Å²) in [4.78, 5) is 67.3. The maximum absolute atomic E-state index is 13.5. The van der Waals surface area contributed by atoms with Crippen molar-refractivity contribution in [3.63, 3.8) is 0 Å². The Kier molecular flexibility index (Phi) is 35.9. The first kappa shape index (κ1) is 62.6. The Morgan fingerprint density at radius 1 is 0.600 bits per heavy atom. The molecule has 402 valence electrons. The van der Waals surface area contributed by atoms with Crippen molar-refractivity contribution in [2.45, 2.75) is 246 Å². The molecule has 5 atom stereocenters. The fourth-order valence-electron chi connectivity index (χ4n) is 9.67. The smallest absolute Gasteiger partial charge is 0.313 e. The highest BCUT2D eigenvalue weighted by Crippen LogP contribution is 2.41. The van der Waals surface area contributed by atoms with E-state index in [-0.39, 0.29) is 86.4 Å². The molecule has 70 heavy (non-hydrogen) atoms. The standard InChI is InChI=1S/C59H101NO10/c1-7-11-15-16-17-18-19-20-21-22-23-24-25-26-27-31-35-51(69-56(63)39-33-32-34-49(45-66-54(61)37-29-13-9-3)46-67-55(62)38-30-14-10-4)47-68-57(64)44-50-40-41-53(52(50)36-28-12-8-2)70-58(65)59(5)42-43-60(6)48-59/h12,17-18,20-21,28,49-53H,7-11,13-16,19,22-27,29-48H2,1-6H3/b18-17-,21-20-,28-12-. The maximum atomic E-state index is 13.5. The Bertz CT molecular complexity index is 1480. The van der Waals surface area contributed by atoms with E-state index in [9.17, 15) is 24.0 Å². The predicted octanol–water partition coefficient (Wildman–Crippen LogP) is 14.1. The molecule has 0 aromatic rings. The molecule has 1 aliphatic heterocycles. The van der Waals surface area contributed by atoms with Gasteiger partial charge in [0, 0.05) is 44.1 Å². The minimum Gasteiger partial charge on any atom is -0.465 e. The second-order valence-electron chi connectivity index (χ2n) is 20.9. The molecule has 1 heterocycles. The van der Waals surface area contributed by atoms with Gasteiger partial charge >= 0.3 is 29.8 Å². The second kappa shape index (κ2) is 40.1. The molecule has 2 fully saturated rings. The molecular weight excluding hydrogens is 883 g/mol. The second-order valence-corrected chi connectivity index (χ2v) is 20.9. The van der Waals surface area contributed by atoms with E-state index in [4.69, 9.17) is 23.7 Å². The molecule has 11 heteroatoms. The van der Waals surface area contributed by atoms with Crippen molar-refractivity contribution < 1.29 is 47.7 Å².